The second-order valence-corrected chi connectivity index (χ2v) is 6.45. The Kier molecular flexibility index (Phi) is 5.04. The molecule has 22 heavy (non-hydrogen) atoms. The third-order valence-electron chi connectivity index (χ3n) is 3.03. The number of ketones is 1. The van der Waals surface area contributed by atoms with Crippen LogP contribution in [0.25, 0.3) is 0 Å². The lowest BCUT2D eigenvalue weighted by molar-refractivity contribution is 0.101. The van der Waals surface area contributed by atoms with Crippen LogP contribution in [0.1, 0.15) is 35.9 Å². The van der Waals surface area contributed by atoms with Crippen molar-refractivity contribution in [3.8, 4) is 0 Å². The Morgan fingerprint density at radius 1 is 1.27 bits per heavy atom. The zero-order valence-corrected chi connectivity index (χ0v) is 13.2. The van der Waals surface area contributed by atoms with Crippen LogP contribution < -0.4 is 4.72 Å². The SMILES string of the molecule is CCc1noc(CCNS(=O)(=O)c2ccc(C(C)=O)cc2)n1. The fourth-order valence-electron chi connectivity index (χ4n) is 1.78. The summed E-state index contributed by atoms with van der Waals surface area (Å²) in [7, 11) is -3.62. The van der Waals surface area contributed by atoms with Crippen LogP contribution in [-0.2, 0) is 22.9 Å². The van der Waals surface area contributed by atoms with Crippen LogP contribution in [0, 0.1) is 0 Å². The number of hydrogen-bond acceptors (Lipinski definition) is 6. The van der Waals surface area contributed by atoms with E-state index in [1.807, 2.05) is 6.92 Å². The lowest BCUT2D eigenvalue weighted by atomic mass is 10.2. The van der Waals surface area contributed by atoms with Gasteiger partial charge < -0.3 is 4.52 Å². The molecule has 1 aromatic carbocycles. The van der Waals surface area contributed by atoms with Crippen molar-refractivity contribution in [3.63, 3.8) is 0 Å². The lowest BCUT2D eigenvalue weighted by Crippen LogP contribution is -2.26. The van der Waals surface area contributed by atoms with E-state index >= 15 is 0 Å². The number of hydrogen-bond donors (Lipinski definition) is 1. The van der Waals surface area contributed by atoms with Gasteiger partial charge in [-0.2, -0.15) is 4.98 Å². The number of rotatable bonds is 7. The van der Waals surface area contributed by atoms with Gasteiger partial charge in [0.2, 0.25) is 15.9 Å². The molecular formula is C14H17N3O4S. The fraction of sp³-hybridized carbons (Fsp3) is 0.357. The summed E-state index contributed by atoms with van der Waals surface area (Å²) in [5, 5.41) is 3.74. The van der Waals surface area contributed by atoms with E-state index in [1.54, 1.807) is 0 Å². The minimum absolute atomic E-state index is 0.109. The summed E-state index contributed by atoms with van der Waals surface area (Å²) >= 11 is 0. The monoisotopic (exact) mass is 323 g/mol. The first kappa shape index (κ1) is 16.3. The van der Waals surface area contributed by atoms with Crippen molar-refractivity contribution in [3.05, 3.63) is 41.5 Å². The minimum Gasteiger partial charge on any atom is -0.339 e. The van der Waals surface area contributed by atoms with E-state index in [-0.39, 0.29) is 17.2 Å². The number of Topliss-reactive ketones (excluding diaryl/α,β-unsaturated/α-hetero) is 1. The van der Waals surface area contributed by atoms with Crippen molar-refractivity contribution >= 4 is 15.8 Å². The summed E-state index contributed by atoms with van der Waals surface area (Å²) in [6.45, 7) is 3.49. The lowest BCUT2D eigenvalue weighted by Gasteiger charge is -2.06. The van der Waals surface area contributed by atoms with Crippen molar-refractivity contribution in [1.82, 2.24) is 14.9 Å². The van der Waals surface area contributed by atoms with Gasteiger partial charge in [-0.25, -0.2) is 13.1 Å². The molecule has 0 aliphatic heterocycles. The van der Waals surface area contributed by atoms with Gasteiger partial charge in [-0.1, -0.05) is 24.2 Å². The highest BCUT2D eigenvalue weighted by atomic mass is 32.2. The molecule has 0 aliphatic carbocycles. The average molecular weight is 323 g/mol. The molecule has 0 spiro atoms. The highest BCUT2D eigenvalue weighted by Crippen LogP contribution is 2.11. The highest BCUT2D eigenvalue weighted by molar-refractivity contribution is 7.89. The molecule has 0 saturated heterocycles. The van der Waals surface area contributed by atoms with Crippen LogP contribution in [0.3, 0.4) is 0 Å². The Bertz CT molecular complexity index is 751. The van der Waals surface area contributed by atoms with E-state index in [0.29, 0.717) is 30.1 Å². The number of carbonyl (C=O) groups is 1. The van der Waals surface area contributed by atoms with Crippen LogP contribution >= 0.6 is 0 Å². The number of benzene rings is 1. The molecule has 0 amide bonds. The summed E-state index contributed by atoms with van der Waals surface area (Å²) in [5.41, 5.74) is 0.469. The van der Waals surface area contributed by atoms with Gasteiger partial charge in [0.05, 0.1) is 4.90 Å². The summed E-state index contributed by atoms with van der Waals surface area (Å²) in [5.74, 6) is 0.879. The van der Waals surface area contributed by atoms with Gasteiger partial charge >= 0.3 is 0 Å². The van der Waals surface area contributed by atoms with Gasteiger partial charge in [0.25, 0.3) is 0 Å². The molecule has 118 valence electrons. The smallest absolute Gasteiger partial charge is 0.240 e. The predicted molar refractivity (Wildman–Crippen MR) is 79.0 cm³/mol. The average Bonchev–Trinajstić information content (AvgIpc) is 2.95. The molecule has 1 aromatic heterocycles. The second kappa shape index (κ2) is 6.80. The summed E-state index contributed by atoms with van der Waals surface area (Å²) < 4.78 is 31.6. The largest absolute Gasteiger partial charge is 0.339 e. The van der Waals surface area contributed by atoms with Crippen molar-refractivity contribution in [1.29, 1.82) is 0 Å². The van der Waals surface area contributed by atoms with Crippen molar-refractivity contribution < 1.29 is 17.7 Å². The van der Waals surface area contributed by atoms with E-state index in [9.17, 15) is 13.2 Å². The molecular weight excluding hydrogens is 306 g/mol. The van der Waals surface area contributed by atoms with E-state index < -0.39 is 10.0 Å². The van der Waals surface area contributed by atoms with Crippen LogP contribution in [0.2, 0.25) is 0 Å². The third-order valence-corrected chi connectivity index (χ3v) is 4.51. The van der Waals surface area contributed by atoms with Crippen LogP contribution in [0.5, 0.6) is 0 Å². The standard InChI is InChI=1S/C14H17N3O4S/c1-3-13-16-14(21-17-13)8-9-15-22(19,20)12-6-4-11(5-7-12)10(2)18/h4-7,15H,3,8-9H2,1-2H3. The Balaban J connectivity index is 1.97. The second-order valence-electron chi connectivity index (χ2n) is 4.69. The molecule has 0 atom stereocenters. The van der Waals surface area contributed by atoms with E-state index in [2.05, 4.69) is 14.9 Å². The molecule has 1 heterocycles. The molecule has 1 N–H and O–H groups in total. The number of sulfonamides is 1. The Morgan fingerprint density at radius 2 is 1.95 bits per heavy atom. The maximum absolute atomic E-state index is 12.1. The van der Waals surface area contributed by atoms with E-state index in [1.165, 1.54) is 31.2 Å². The third kappa shape index (κ3) is 3.99. The van der Waals surface area contributed by atoms with Crippen LogP contribution in [0.4, 0.5) is 0 Å². The molecule has 0 fully saturated rings. The van der Waals surface area contributed by atoms with Crippen molar-refractivity contribution in [2.75, 3.05) is 6.54 Å². The number of nitrogens with one attached hydrogen (secondary N) is 1. The number of nitrogens with zero attached hydrogens (tertiary/aromatic N) is 2. The fourth-order valence-corrected chi connectivity index (χ4v) is 2.81. The number of aromatic nitrogens is 2. The first-order valence-electron chi connectivity index (χ1n) is 6.84. The van der Waals surface area contributed by atoms with Gasteiger partial charge in [-0.3, -0.25) is 4.79 Å². The normalized spacial score (nSPS) is 11.5. The van der Waals surface area contributed by atoms with E-state index in [4.69, 9.17) is 4.52 Å². The molecule has 0 bridgehead atoms. The topological polar surface area (TPSA) is 102 Å². The zero-order chi connectivity index (χ0) is 16.2. The van der Waals surface area contributed by atoms with Gasteiger partial charge in [-0.05, 0) is 19.1 Å². The number of carbonyl (C=O) groups excluding carboxylic acids is 1. The molecule has 0 unspecified atom stereocenters. The minimum atomic E-state index is -3.62. The molecule has 0 aliphatic rings. The molecule has 8 heteroatoms. The Morgan fingerprint density at radius 3 is 2.50 bits per heavy atom. The Labute approximate surface area is 128 Å². The molecule has 7 nitrogen and oxygen atoms in total. The van der Waals surface area contributed by atoms with Crippen molar-refractivity contribution in [2.24, 2.45) is 0 Å². The maximum atomic E-state index is 12.1. The number of aryl methyl sites for hydroxylation is 1. The van der Waals surface area contributed by atoms with Crippen LogP contribution in [0.15, 0.2) is 33.7 Å². The molecule has 0 saturated carbocycles. The van der Waals surface area contributed by atoms with Gasteiger partial charge in [0.1, 0.15) is 0 Å². The first-order valence-corrected chi connectivity index (χ1v) is 8.33. The van der Waals surface area contributed by atoms with Crippen LogP contribution in [-0.4, -0.2) is 30.9 Å². The Hall–Kier alpha value is -2.06. The zero-order valence-electron chi connectivity index (χ0n) is 12.4. The molecule has 0 radical (unpaired) electrons. The maximum Gasteiger partial charge on any atom is 0.240 e. The van der Waals surface area contributed by atoms with Gasteiger partial charge in [0.15, 0.2) is 11.6 Å². The van der Waals surface area contributed by atoms with Crippen molar-refractivity contribution in [2.45, 2.75) is 31.6 Å². The summed E-state index contributed by atoms with van der Waals surface area (Å²) in [6.07, 6.45) is 0.982. The first-order chi connectivity index (χ1) is 10.4. The predicted octanol–water partition coefficient (Wildman–Crippen LogP) is 1.36. The van der Waals surface area contributed by atoms with Gasteiger partial charge in [-0.15, -0.1) is 0 Å². The van der Waals surface area contributed by atoms with E-state index in [0.717, 1.165) is 0 Å². The molecule has 2 rings (SSSR count). The summed E-state index contributed by atoms with van der Waals surface area (Å²) in [6, 6.07) is 5.78. The molecule has 2 aromatic rings. The summed E-state index contributed by atoms with van der Waals surface area (Å²) in [4.78, 5) is 15.4. The highest BCUT2D eigenvalue weighted by Gasteiger charge is 2.14. The van der Waals surface area contributed by atoms with Gasteiger partial charge in [0, 0.05) is 24.9 Å². The quantitative estimate of drug-likeness (QED) is 0.772.